The van der Waals surface area contributed by atoms with Crippen LogP contribution in [0.1, 0.15) is 64.2 Å². The summed E-state index contributed by atoms with van der Waals surface area (Å²) >= 11 is 0. The average Bonchev–Trinajstić information content (AvgIpc) is 2.29. The van der Waals surface area contributed by atoms with E-state index in [0.717, 1.165) is 38.8 Å². The van der Waals surface area contributed by atoms with E-state index in [9.17, 15) is 9.90 Å². The van der Waals surface area contributed by atoms with Crippen LogP contribution in [-0.2, 0) is 4.79 Å². The molecule has 0 atom stereocenters. The highest BCUT2D eigenvalue weighted by Gasteiger charge is 2.44. The molecule has 1 saturated heterocycles. The summed E-state index contributed by atoms with van der Waals surface area (Å²) in [5.41, 5.74) is -0.518. The summed E-state index contributed by atoms with van der Waals surface area (Å²) in [5, 5.41) is 9.66. The van der Waals surface area contributed by atoms with Crippen molar-refractivity contribution < 1.29 is 9.90 Å². The van der Waals surface area contributed by atoms with E-state index in [1.165, 1.54) is 38.5 Å². The molecule has 1 heterocycles. The van der Waals surface area contributed by atoms with Gasteiger partial charge in [-0.05, 0) is 38.8 Å². The number of carboxylic acid groups (broad SMARTS) is 1. The molecule has 0 aromatic heterocycles. The second kappa shape index (κ2) is 5.85. The third-order valence-corrected chi connectivity index (χ3v) is 4.54. The van der Waals surface area contributed by atoms with Gasteiger partial charge in [-0.3, -0.25) is 9.69 Å². The predicted molar refractivity (Wildman–Crippen MR) is 68.1 cm³/mol. The van der Waals surface area contributed by atoms with E-state index in [2.05, 4.69) is 4.90 Å². The lowest BCUT2D eigenvalue weighted by Gasteiger charge is -2.44. The van der Waals surface area contributed by atoms with E-state index >= 15 is 0 Å². The van der Waals surface area contributed by atoms with E-state index in [1.54, 1.807) is 0 Å². The quantitative estimate of drug-likeness (QED) is 0.805. The van der Waals surface area contributed by atoms with Gasteiger partial charge in [0.2, 0.25) is 0 Å². The molecule has 2 aliphatic rings. The van der Waals surface area contributed by atoms with Gasteiger partial charge in [0.25, 0.3) is 0 Å². The van der Waals surface area contributed by atoms with Gasteiger partial charge < -0.3 is 5.11 Å². The van der Waals surface area contributed by atoms with Gasteiger partial charge in [-0.1, -0.05) is 38.5 Å². The summed E-state index contributed by atoms with van der Waals surface area (Å²) < 4.78 is 0. The third-order valence-electron chi connectivity index (χ3n) is 4.54. The first-order chi connectivity index (χ1) is 8.26. The summed E-state index contributed by atoms with van der Waals surface area (Å²) in [6, 6.07) is 0. The van der Waals surface area contributed by atoms with Crippen LogP contribution < -0.4 is 0 Å². The van der Waals surface area contributed by atoms with Gasteiger partial charge in [-0.15, -0.1) is 0 Å². The molecule has 0 amide bonds. The SMILES string of the molecule is O=C(O)C1(N2CCCCCCC2)CCCCC1. The highest BCUT2D eigenvalue weighted by Crippen LogP contribution is 2.35. The van der Waals surface area contributed by atoms with Crippen LogP contribution in [0.3, 0.4) is 0 Å². The monoisotopic (exact) mass is 239 g/mol. The lowest BCUT2D eigenvalue weighted by atomic mass is 9.79. The molecule has 1 aliphatic carbocycles. The van der Waals surface area contributed by atoms with Crippen LogP contribution in [-0.4, -0.2) is 34.6 Å². The summed E-state index contributed by atoms with van der Waals surface area (Å²) in [6.45, 7) is 1.98. The maximum atomic E-state index is 11.7. The first kappa shape index (κ1) is 12.9. The Bertz CT molecular complexity index is 251. The molecule has 0 bridgehead atoms. The van der Waals surface area contributed by atoms with Gasteiger partial charge in [0.05, 0.1) is 0 Å². The Balaban J connectivity index is 2.09. The van der Waals surface area contributed by atoms with Crippen LogP contribution in [0.5, 0.6) is 0 Å². The maximum Gasteiger partial charge on any atom is 0.324 e. The smallest absolute Gasteiger partial charge is 0.324 e. The van der Waals surface area contributed by atoms with Crippen LogP contribution in [0.4, 0.5) is 0 Å². The van der Waals surface area contributed by atoms with Gasteiger partial charge in [0.15, 0.2) is 0 Å². The first-order valence-corrected chi connectivity index (χ1v) is 7.24. The lowest BCUT2D eigenvalue weighted by Crippen LogP contribution is -2.56. The van der Waals surface area contributed by atoms with Crippen molar-refractivity contribution >= 4 is 5.97 Å². The number of hydrogen-bond acceptors (Lipinski definition) is 2. The zero-order valence-electron chi connectivity index (χ0n) is 10.8. The van der Waals surface area contributed by atoms with Crippen molar-refractivity contribution in [1.29, 1.82) is 0 Å². The number of carbonyl (C=O) groups is 1. The second-order valence-electron chi connectivity index (χ2n) is 5.65. The third kappa shape index (κ3) is 2.82. The number of hydrogen-bond donors (Lipinski definition) is 1. The van der Waals surface area contributed by atoms with Crippen LogP contribution in [0.25, 0.3) is 0 Å². The summed E-state index contributed by atoms with van der Waals surface area (Å²) in [6.07, 6.45) is 11.3. The molecule has 1 N–H and O–H groups in total. The molecule has 98 valence electrons. The number of rotatable bonds is 2. The van der Waals surface area contributed by atoms with Crippen molar-refractivity contribution in [2.24, 2.45) is 0 Å². The largest absolute Gasteiger partial charge is 0.480 e. The Hall–Kier alpha value is -0.570. The number of carboxylic acids is 1. The van der Waals surface area contributed by atoms with Crippen molar-refractivity contribution in [3.05, 3.63) is 0 Å². The minimum absolute atomic E-state index is 0.518. The lowest BCUT2D eigenvalue weighted by molar-refractivity contribution is -0.154. The Kier molecular flexibility index (Phi) is 4.43. The van der Waals surface area contributed by atoms with Crippen LogP contribution in [0.2, 0.25) is 0 Å². The molecule has 3 nitrogen and oxygen atoms in total. The number of aliphatic carboxylic acids is 1. The van der Waals surface area contributed by atoms with Gasteiger partial charge in [0, 0.05) is 0 Å². The van der Waals surface area contributed by atoms with Crippen molar-refractivity contribution in [3.8, 4) is 0 Å². The standard InChI is InChI=1S/C14H25NO2/c16-13(17)14(9-5-4-6-10-14)15-11-7-2-1-3-8-12-15/h1-12H2,(H,16,17). The zero-order chi connectivity index (χ0) is 12.1. The van der Waals surface area contributed by atoms with Crippen LogP contribution in [0.15, 0.2) is 0 Å². The van der Waals surface area contributed by atoms with Crippen LogP contribution in [0, 0.1) is 0 Å². The Morgan fingerprint density at radius 3 is 1.82 bits per heavy atom. The highest BCUT2D eigenvalue weighted by atomic mass is 16.4. The zero-order valence-corrected chi connectivity index (χ0v) is 10.8. The molecule has 0 aromatic rings. The Labute approximate surface area is 104 Å². The molecule has 17 heavy (non-hydrogen) atoms. The highest BCUT2D eigenvalue weighted by molar-refractivity contribution is 5.79. The Morgan fingerprint density at radius 1 is 0.824 bits per heavy atom. The molecule has 0 radical (unpaired) electrons. The normalized spacial score (nSPS) is 27.1. The van der Waals surface area contributed by atoms with Crippen molar-refractivity contribution in [3.63, 3.8) is 0 Å². The van der Waals surface area contributed by atoms with Gasteiger partial charge in [-0.2, -0.15) is 0 Å². The van der Waals surface area contributed by atoms with Gasteiger partial charge in [-0.25, -0.2) is 0 Å². The number of nitrogens with zero attached hydrogens (tertiary/aromatic N) is 1. The fourth-order valence-corrected chi connectivity index (χ4v) is 3.48. The topological polar surface area (TPSA) is 40.5 Å². The van der Waals surface area contributed by atoms with E-state index < -0.39 is 11.5 Å². The molecule has 0 unspecified atom stereocenters. The first-order valence-electron chi connectivity index (χ1n) is 7.24. The fourth-order valence-electron chi connectivity index (χ4n) is 3.48. The molecule has 2 rings (SSSR count). The average molecular weight is 239 g/mol. The maximum absolute atomic E-state index is 11.7. The van der Waals surface area contributed by atoms with E-state index in [-0.39, 0.29) is 0 Å². The van der Waals surface area contributed by atoms with Crippen LogP contribution >= 0.6 is 0 Å². The minimum Gasteiger partial charge on any atom is -0.480 e. The van der Waals surface area contributed by atoms with Crippen molar-refractivity contribution in [1.82, 2.24) is 4.90 Å². The summed E-state index contributed by atoms with van der Waals surface area (Å²) in [4.78, 5) is 14.0. The fraction of sp³-hybridized carbons (Fsp3) is 0.929. The summed E-state index contributed by atoms with van der Waals surface area (Å²) in [5.74, 6) is -0.572. The number of likely N-dealkylation sites (tertiary alicyclic amines) is 1. The molecule has 3 heteroatoms. The molecule has 0 spiro atoms. The Morgan fingerprint density at radius 2 is 1.29 bits per heavy atom. The molecule has 0 aromatic carbocycles. The molecule has 1 saturated carbocycles. The van der Waals surface area contributed by atoms with Crippen molar-refractivity contribution in [2.45, 2.75) is 69.7 Å². The van der Waals surface area contributed by atoms with E-state index in [0.29, 0.717) is 0 Å². The minimum atomic E-state index is -0.572. The molecule has 1 aliphatic heterocycles. The molecular formula is C14H25NO2. The van der Waals surface area contributed by atoms with Crippen molar-refractivity contribution in [2.75, 3.05) is 13.1 Å². The van der Waals surface area contributed by atoms with Gasteiger partial charge in [0.1, 0.15) is 5.54 Å². The van der Waals surface area contributed by atoms with Gasteiger partial charge >= 0.3 is 5.97 Å². The predicted octanol–water partition coefficient (Wildman–Crippen LogP) is 3.04. The van der Waals surface area contributed by atoms with E-state index in [4.69, 9.17) is 0 Å². The molecule has 2 fully saturated rings. The van der Waals surface area contributed by atoms with E-state index in [1.807, 2.05) is 0 Å². The summed E-state index contributed by atoms with van der Waals surface area (Å²) in [7, 11) is 0. The molecular weight excluding hydrogens is 214 g/mol. The second-order valence-corrected chi connectivity index (χ2v) is 5.65.